The maximum Gasteiger partial charge on any atom is 0.321 e. The summed E-state index contributed by atoms with van der Waals surface area (Å²) < 4.78 is 4.87. The number of hydrazone groups is 1. The van der Waals surface area contributed by atoms with Gasteiger partial charge in [0.25, 0.3) is 11.5 Å². The summed E-state index contributed by atoms with van der Waals surface area (Å²) in [5, 5.41) is 7.14. The predicted octanol–water partition coefficient (Wildman–Crippen LogP) is 1.74. The lowest BCUT2D eigenvalue weighted by molar-refractivity contribution is -0.141. The molecule has 2 aromatic carbocycles. The van der Waals surface area contributed by atoms with Gasteiger partial charge in [0.2, 0.25) is 11.6 Å². The van der Waals surface area contributed by atoms with Crippen LogP contribution in [0.25, 0.3) is 11.0 Å². The Morgan fingerprint density at radius 2 is 1.65 bits per heavy atom. The number of halogens is 1. The molecule has 0 unspecified atom stereocenters. The highest BCUT2D eigenvalue weighted by molar-refractivity contribution is 6.51. The topological polar surface area (TPSA) is 151 Å². The van der Waals surface area contributed by atoms with Crippen LogP contribution in [0.1, 0.15) is 32.3 Å². The lowest BCUT2D eigenvalue weighted by atomic mass is 9.92. The highest BCUT2D eigenvalue weighted by Gasteiger charge is 2.39. The van der Waals surface area contributed by atoms with Gasteiger partial charge in [0.05, 0.1) is 18.1 Å². The van der Waals surface area contributed by atoms with Gasteiger partial charge in [0.15, 0.2) is 5.92 Å². The fourth-order valence-electron chi connectivity index (χ4n) is 3.79. The van der Waals surface area contributed by atoms with E-state index in [1.165, 1.54) is 31.2 Å². The highest BCUT2D eigenvalue weighted by Crippen LogP contribution is 2.27. The maximum absolute atomic E-state index is 13.5. The Morgan fingerprint density at radius 1 is 1.03 bits per heavy atom. The van der Waals surface area contributed by atoms with E-state index in [2.05, 4.69) is 20.4 Å². The minimum atomic E-state index is -1.68. The molecule has 1 heterocycles. The molecule has 0 aliphatic heterocycles. The SMILES string of the molecule is COC(=O)[C@@H](/C(=N\N(C)C)C(=O)NC1=C(Cl)C(=O)c2ccccc2C1=O)c1nc2ccccc2[nH]c1=O. The summed E-state index contributed by atoms with van der Waals surface area (Å²) in [6.45, 7) is 0. The van der Waals surface area contributed by atoms with E-state index in [1.54, 1.807) is 36.4 Å². The predicted molar refractivity (Wildman–Crippen MR) is 134 cm³/mol. The maximum atomic E-state index is 13.5. The number of H-pyrrole nitrogens is 1. The van der Waals surface area contributed by atoms with Crippen molar-refractivity contribution >= 4 is 51.8 Å². The molecule has 1 atom stereocenters. The van der Waals surface area contributed by atoms with Crippen molar-refractivity contribution in [3.8, 4) is 0 Å². The number of hydrogen-bond donors (Lipinski definition) is 2. The van der Waals surface area contributed by atoms with E-state index in [1.807, 2.05) is 0 Å². The summed E-state index contributed by atoms with van der Waals surface area (Å²) in [5.74, 6) is -5.10. The van der Waals surface area contributed by atoms with Crippen LogP contribution in [0.5, 0.6) is 0 Å². The zero-order valence-electron chi connectivity index (χ0n) is 19.9. The first-order valence-corrected chi connectivity index (χ1v) is 11.2. The monoisotopic (exact) mass is 521 g/mol. The van der Waals surface area contributed by atoms with Crippen LogP contribution < -0.4 is 10.9 Å². The molecule has 1 aliphatic carbocycles. The Labute approximate surface area is 214 Å². The molecule has 4 rings (SSSR count). The molecule has 0 radical (unpaired) electrons. The van der Waals surface area contributed by atoms with E-state index in [-0.39, 0.29) is 16.8 Å². The van der Waals surface area contributed by atoms with Crippen LogP contribution in [0.4, 0.5) is 0 Å². The van der Waals surface area contributed by atoms with Crippen LogP contribution in [0, 0.1) is 0 Å². The smallest absolute Gasteiger partial charge is 0.321 e. The van der Waals surface area contributed by atoms with E-state index in [0.29, 0.717) is 11.0 Å². The number of amides is 1. The Morgan fingerprint density at radius 3 is 2.30 bits per heavy atom. The van der Waals surface area contributed by atoms with Crippen LogP contribution in [0.3, 0.4) is 0 Å². The first kappa shape index (κ1) is 25.5. The van der Waals surface area contributed by atoms with Crippen LogP contribution in [-0.4, -0.2) is 65.3 Å². The number of nitrogens with one attached hydrogen (secondary N) is 2. The van der Waals surface area contributed by atoms with Gasteiger partial charge in [-0.15, -0.1) is 0 Å². The van der Waals surface area contributed by atoms with Gasteiger partial charge in [-0.1, -0.05) is 48.0 Å². The van der Waals surface area contributed by atoms with E-state index < -0.39 is 51.4 Å². The molecule has 1 amide bonds. The quantitative estimate of drug-likeness (QED) is 0.283. The third-order valence-electron chi connectivity index (χ3n) is 5.45. The Bertz CT molecular complexity index is 1590. The number of fused-ring (bicyclic) bond motifs is 2. The second-order valence-electron chi connectivity index (χ2n) is 8.10. The first-order valence-electron chi connectivity index (χ1n) is 10.9. The van der Waals surface area contributed by atoms with Crippen molar-refractivity contribution in [2.24, 2.45) is 5.10 Å². The van der Waals surface area contributed by atoms with Gasteiger partial charge in [0, 0.05) is 25.2 Å². The zero-order chi connectivity index (χ0) is 26.9. The standard InChI is InChI=1S/C25H20ClN5O6/c1-31(2)30-19(16(25(36)37-3)18-23(34)28-15-11-7-6-10-14(15)27-18)24(35)29-20-17(26)21(32)12-8-4-5-9-13(12)22(20)33/h4-11,16H,1-3H3,(H,28,34)(H,29,35)/b30-19+/t16-/m1/s1. The van der Waals surface area contributed by atoms with Crippen molar-refractivity contribution < 1.29 is 23.9 Å². The molecule has 188 valence electrons. The average molecular weight is 522 g/mol. The number of allylic oxidation sites excluding steroid dienone is 2. The molecule has 0 saturated carbocycles. The van der Waals surface area contributed by atoms with Gasteiger partial charge in [-0.2, -0.15) is 5.10 Å². The van der Waals surface area contributed by atoms with Crippen molar-refractivity contribution in [2.45, 2.75) is 5.92 Å². The van der Waals surface area contributed by atoms with Crippen molar-refractivity contribution in [1.29, 1.82) is 0 Å². The first-order chi connectivity index (χ1) is 17.6. The molecule has 0 fully saturated rings. The van der Waals surface area contributed by atoms with E-state index in [0.717, 1.165) is 7.11 Å². The van der Waals surface area contributed by atoms with Crippen molar-refractivity contribution in [1.82, 2.24) is 20.3 Å². The molecular weight excluding hydrogens is 502 g/mol. The number of aromatic nitrogens is 2. The number of methoxy groups -OCH3 is 1. The van der Waals surface area contributed by atoms with Crippen molar-refractivity contribution in [3.05, 3.63) is 86.4 Å². The van der Waals surface area contributed by atoms with Gasteiger partial charge in [-0.25, -0.2) is 4.98 Å². The van der Waals surface area contributed by atoms with Crippen LogP contribution >= 0.6 is 11.6 Å². The number of para-hydroxylation sites is 2. The summed E-state index contributed by atoms with van der Waals surface area (Å²) >= 11 is 6.17. The summed E-state index contributed by atoms with van der Waals surface area (Å²) in [4.78, 5) is 72.0. The van der Waals surface area contributed by atoms with Gasteiger partial charge >= 0.3 is 5.97 Å². The molecule has 1 aliphatic rings. The van der Waals surface area contributed by atoms with Crippen LogP contribution in [0.15, 0.2) is 69.2 Å². The Kier molecular flexibility index (Phi) is 6.98. The fourth-order valence-corrected chi connectivity index (χ4v) is 4.03. The number of esters is 1. The van der Waals surface area contributed by atoms with Crippen LogP contribution in [0.2, 0.25) is 0 Å². The molecule has 12 heteroatoms. The second kappa shape index (κ2) is 10.2. The number of hydrogen-bond acceptors (Lipinski definition) is 9. The summed E-state index contributed by atoms with van der Waals surface area (Å²) in [7, 11) is 4.05. The normalized spacial score (nSPS) is 14.3. The summed E-state index contributed by atoms with van der Waals surface area (Å²) in [6.07, 6.45) is 0. The number of Topliss-reactive ketones (excluding diaryl/α,β-unsaturated/α-hetero) is 2. The molecule has 0 saturated heterocycles. The minimum Gasteiger partial charge on any atom is -0.468 e. The van der Waals surface area contributed by atoms with Gasteiger partial charge in [-0.05, 0) is 12.1 Å². The molecule has 3 aromatic rings. The minimum absolute atomic E-state index is 0.0513. The second-order valence-corrected chi connectivity index (χ2v) is 8.48. The van der Waals surface area contributed by atoms with E-state index in [9.17, 15) is 24.0 Å². The molecule has 0 bridgehead atoms. The number of carbonyl (C=O) groups excluding carboxylic acids is 4. The fraction of sp³-hybridized carbons (Fsp3) is 0.160. The van der Waals surface area contributed by atoms with Crippen molar-refractivity contribution in [3.63, 3.8) is 0 Å². The molecule has 11 nitrogen and oxygen atoms in total. The lowest BCUT2D eigenvalue weighted by Crippen LogP contribution is -2.43. The van der Waals surface area contributed by atoms with Gasteiger partial charge in [0.1, 0.15) is 22.1 Å². The summed E-state index contributed by atoms with van der Waals surface area (Å²) in [5.41, 5.74) is -1.18. The Balaban J connectivity index is 1.82. The third-order valence-corrected chi connectivity index (χ3v) is 5.81. The Hall–Kier alpha value is -4.64. The number of ketones is 2. The number of nitrogens with zero attached hydrogens (tertiary/aromatic N) is 3. The molecule has 2 N–H and O–H groups in total. The van der Waals surface area contributed by atoms with Crippen LogP contribution in [-0.2, 0) is 14.3 Å². The number of benzene rings is 2. The molecule has 37 heavy (non-hydrogen) atoms. The number of aromatic amines is 1. The van der Waals surface area contributed by atoms with E-state index >= 15 is 0 Å². The third kappa shape index (κ3) is 4.76. The molecule has 1 aromatic heterocycles. The highest BCUT2D eigenvalue weighted by atomic mass is 35.5. The number of rotatable bonds is 6. The van der Waals surface area contributed by atoms with Gasteiger partial charge in [-0.3, -0.25) is 24.0 Å². The zero-order valence-corrected chi connectivity index (χ0v) is 20.6. The number of carbonyl (C=O) groups is 4. The lowest BCUT2D eigenvalue weighted by Gasteiger charge is -2.21. The average Bonchev–Trinajstić information content (AvgIpc) is 2.89. The van der Waals surface area contributed by atoms with E-state index in [4.69, 9.17) is 16.3 Å². The van der Waals surface area contributed by atoms with Crippen molar-refractivity contribution in [2.75, 3.05) is 21.2 Å². The van der Waals surface area contributed by atoms with Gasteiger partial charge < -0.3 is 20.0 Å². The summed E-state index contributed by atoms with van der Waals surface area (Å²) in [6, 6.07) is 12.6. The molecule has 0 spiro atoms. The molecular formula is C25H20ClN5O6. The largest absolute Gasteiger partial charge is 0.468 e. The number of ether oxygens (including phenoxy) is 1.